The Kier molecular flexibility index (Phi) is 6.89. The second kappa shape index (κ2) is 9.98. The number of carbonyl (C=O) groups is 1. The van der Waals surface area contributed by atoms with Crippen LogP contribution in [-0.2, 0) is 11.2 Å². The molecule has 1 atom stereocenters. The van der Waals surface area contributed by atoms with Crippen molar-refractivity contribution in [3.8, 4) is 10.6 Å². The van der Waals surface area contributed by atoms with Crippen molar-refractivity contribution >= 4 is 17.2 Å². The van der Waals surface area contributed by atoms with E-state index in [4.69, 9.17) is 0 Å². The summed E-state index contributed by atoms with van der Waals surface area (Å²) in [4.78, 5) is 22.3. The molecule has 0 aliphatic carbocycles. The highest BCUT2D eigenvalue weighted by atomic mass is 32.1. The second-order valence-corrected chi connectivity index (χ2v) is 8.68. The fourth-order valence-corrected chi connectivity index (χ4v) is 4.55. The maximum absolute atomic E-state index is 12.9. The van der Waals surface area contributed by atoms with Crippen LogP contribution in [0.3, 0.4) is 0 Å². The number of piperazine rings is 1. The first-order valence-corrected chi connectivity index (χ1v) is 11.3. The zero-order valence-corrected chi connectivity index (χ0v) is 18.1. The number of rotatable bonds is 7. The normalized spacial score (nSPS) is 16.3. The number of benzene rings is 2. The van der Waals surface area contributed by atoms with E-state index in [1.165, 1.54) is 0 Å². The van der Waals surface area contributed by atoms with Crippen molar-refractivity contribution in [2.75, 3.05) is 39.8 Å². The lowest BCUT2D eigenvalue weighted by Crippen LogP contribution is -2.48. The maximum atomic E-state index is 12.9. The molecule has 5 nitrogen and oxygen atoms in total. The molecule has 6 heteroatoms. The molecule has 4 rings (SSSR count). The lowest BCUT2D eigenvalue weighted by molar-refractivity contribution is -0.121. The first-order chi connectivity index (χ1) is 14.7. The van der Waals surface area contributed by atoms with Crippen LogP contribution in [0.4, 0.5) is 0 Å². The molecule has 1 aromatic heterocycles. The van der Waals surface area contributed by atoms with Crippen LogP contribution in [0.25, 0.3) is 10.6 Å². The summed E-state index contributed by atoms with van der Waals surface area (Å²) >= 11 is 1.58. The fourth-order valence-electron chi connectivity index (χ4n) is 3.72. The summed E-state index contributed by atoms with van der Waals surface area (Å²) in [6.45, 7) is 5.02. The zero-order chi connectivity index (χ0) is 20.8. The van der Waals surface area contributed by atoms with Crippen molar-refractivity contribution in [3.63, 3.8) is 0 Å². The standard InChI is InChI=1S/C24H28N4OS/c1-27-12-14-28(15-13-27)17-22(19-8-4-2-5-9-19)26-23(29)16-21-18-30-24(25-21)20-10-6-3-7-11-20/h2-11,18,22H,12-17H2,1H3,(H,26,29). The summed E-state index contributed by atoms with van der Waals surface area (Å²) in [5, 5.41) is 6.20. The highest BCUT2D eigenvalue weighted by molar-refractivity contribution is 7.13. The molecular weight excluding hydrogens is 392 g/mol. The molecule has 1 aliphatic rings. The first-order valence-electron chi connectivity index (χ1n) is 10.4. The third-order valence-electron chi connectivity index (χ3n) is 5.49. The van der Waals surface area contributed by atoms with Gasteiger partial charge in [0.05, 0.1) is 18.2 Å². The monoisotopic (exact) mass is 420 g/mol. The molecule has 30 heavy (non-hydrogen) atoms. The van der Waals surface area contributed by atoms with E-state index in [9.17, 15) is 4.79 Å². The molecule has 1 aliphatic heterocycles. The Balaban J connectivity index is 1.41. The van der Waals surface area contributed by atoms with Crippen molar-refractivity contribution in [2.24, 2.45) is 0 Å². The largest absolute Gasteiger partial charge is 0.348 e. The molecule has 156 valence electrons. The maximum Gasteiger partial charge on any atom is 0.226 e. The summed E-state index contributed by atoms with van der Waals surface area (Å²) in [5.74, 6) is 0.0166. The van der Waals surface area contributed by atoms with Gasteiger partial charge in [-0.05, 0) is 12.6 Å². The SMILES string of the molecule is CN1CCN(CC(NC(=O)Cc2csc(-c3ccccc3)n2)c2ccccc2)CC1. The lowest BCUT2D eigenvalue weighted by atomic mass is 10.1. The minimum Gasteiger partial charge on any atom is -0.348 e. The molecule has 0 spiro atoms. The summed E-state index contributed by atoms with van der Waals surface area (Å²) < 4.78 is 0. The summed E-state index contributed by atoms with van der Waals surface area (Å²) in [6.07, 6.45) is 0.301. The van der Waals surface area contributed by atoms with Crippen LogP contribution in [0, 0.1) is 0 Å². The molecule has 0 radical (unpaired) electrons. The molecule has 0 saturated carbocycles. The second-order valence-electron chi connectivity index (χ2n) is 7.82. The van der Waals surface area contributed by atoms with Crippen LogP contribution in [0.2, 0.25) is 0 Å². The molecule has 0 bridgehead atoms. The topological polar surface area (TPSA) is 48.5 Å². The van der Waals surface area contributed by atoms with E-state index in [2.05, 4.69) is 39.3 Å². The summed E-state index contributed by atoms with van der Waals surface area (Å²) in [6, 6.07) is 20.3. The van der Waals surface area contributed by atoms with E-state index >= 15 is 0 Å². The first kappa shape index (κ1) is 20.7. The van der Waals surface area contributed by atoms with Gasteiger partial charge in [0, 0.05) is 43.7 Å². The van der Waals surface area contributed by atoms with Gasteiger partial charge in [-0.2, -0.15) is 0 Å². The van der Waals surface area contributed by atoms with Crippen molar-refractivity contribution in [1.82, 2.24) is 20.1 Å². The molecular formula is C24H28N4OS. The van der Waals surface area contributed by atoms with Gasteiger partial charge in [0.1, 0.15) is 5.01 Å². The van der Waals surface area contributed by atoms with Gasteiger partial charge in [0.25, 0.3) is 0 Å². The molecule has 1 fully saturated rings. The van der Waals surface area contributed by atoms with Gasteiger partial charge >= 0.3 is 0 Å². The average molecular weight is 421 g/mol. The van der Waals surface area contributed by atoms with Gasteiger partial charge in [0.15, 0.2) is 0 Å². The molecule has 1 N–H and O–H groups in total. The smallest absolute Gasteiger partial charge is 0.226 e. The molecule has 1 amide bonds. The van der Waals surface area contributed by atoms with Gasteiger partial charge in [-0.3, -0.25) is 9.69 Å². The van der Waals surface area contributed by atoms with Gasteiger partial charge < -0.3 is 10.2 Å². The summed E-state index contributed by atoms with van der Waals surface area (Å²) in [5.41, 5.74) is 3.06. The van der Waals surface area contributed by atoms with Gasteiger partial charge in [-0.25, -0.2) is 4.98 Å². The number of likely N-dealkylation sites (N-methyl/N-ethyl adjacent to an activating group) is 1. The van der Waals surface area contributed by atoms with Crippen molar-refractivity contribution in [3.05, 3.63) is 77.3 Å². The van der Waals surface area contributed by atoms with Gasteiger partial charge in [0.2, 0.25) is 5.91 Å². The minimum absolute atomic E-state index is 0.0166. The third kappa shape index (κ3) is 5.53. The van der Waals surface area contributed by atoms with Gasteiger partial charge in [-0.15, -0.1) is 11.3 Å². The quantitative estimate of drug-likeness (QED) is 0.636. The zero-order valence-electron chi connectivity index (χ0n) is 17.3. The molecule has 1 saturated heterocycles. The lowest BCUT2D eigenvalue weighted by Gasteiger charge is -2.35. The highest BCUT2D eigenvalue weighted by Gasteiger charge is 2.21. The van der Waals surface area contributed by atoms with E-state index < -0.39 is 0 Å². The molecule has 1 unspecified atom stereocenters. The number of thiazole rings is 1. The van der Waals surface area contributed by atoms with E-state index in [-0.39, 0.29) is 11.9 Å². The minimum atomic E-state index is -0.0191. The fraction of sp³-hybridized carbons (Fsp3) is 0.333. The van der Waals surface area contributed by atoms with E-state index in [1.54, 1.807) is 11.3 Å². The molecule has 2 heterocycles. The van der Waals surface area contributed by atoms with Crippen LogP contribution in [-0.4, -0.2) is 60.5 Å². The number of hydrogen-bond donors (Lipinski definition) is 1. The molecule has 3 aromatic rings. The Bertz CT molecular complexity index is 936. The van der Waals surface area contributed by atoms with Crippen LogP contribution >= 0.6 is 11.3 Å². The number of carbonyl (C=O) groups excluding carboxylic acids is 1. The number of aromatic nitrogens is 1. The number of nitrogens with zero attached hydrogens (tertiary/aromatic N) is 3. The average Bonchev–Trinajstić information content (AvgIpc) is 3.24. The van der Waals surface area contributed by atoms with E-state index in [1.807, 2.05) is 53.9 Å². The van der Waals surface area contributed by atoms with Crippen LogP contribution in [0.15, 0.2) is 66.0 Å². The van der Waals surface area contributed by atoms with Crippen molar-refractivity contribution < 1.29 is 4.79 Å². The number of amides is 1. The highest BCUT2D eigenvalue weighted by Crippen LogP contribution is 2.23. The Labute approximate surface area is 182 Å². The number of nitrogens with one attached hydrogen (secondary N) is 1. The molecule has 2 aromatic carbocycles. The Morgan fingerprint density at radius 1 is 1.03 bits per heavy atom. The van der Waals surface area contributed by atoms with Crippen molar-refractivity contribution in [1.29, 1.82) is 0 Å². The number of hydrogen-bond acceptors (Lipinski definition) is 5. The predicted molar refractivity (Wildman–Crippen MR) is 123 cm³/mol. The predicted octanol–water partition coefficient (Wildman–Crippen LogP) is 3.46. The Hall–Kier alpha value is -2.54. The van der Waals surface area contributed by atoms with E-state index in [0.717, 1.165) is 54.6 Å². The third-order valence-corrected chi connectivity index (χ3v) is 6.43. The van der Waals surface area contributed by atoms with Gasteiger partial charge in [-0.1, -0.05) is 60.7 Å². The van der Waals surface area contributed by atoms with Crippen molar-refractivity contribution in [2.45, 2.75) is 12.5 Å². The van der Waals surface area contributed by atoms with Crippen LogP contribution < -0.4 is 5.32 Å². The van der Waals surface area contributed by atoms with Crippen LogP contribution in [0.5, 0.6) is 0 Å². The van der Waals surface area contributed by atoms with E-state index in [0.29, 0.717) is 6.42 Å². The Morgan fingerprint density at radius 2 is 1.70 bits per heavy atom. The summed E-state index contributed by atoms with van der Waals surface area (Å²) in [7, 11) is 2.16. The Morgan fingerprint density at radius 3 is 2.40 bits per heavy atom. The van der Waals surface area contributed by atoms with Crippen LogP contribution in [0.1, 0.15) is 17.3 Å².